The van der Waals surface area contributed by atoms with Gasteiger partial charge in [0.1, 0.15) is 11.1 Å². The molecule has 0 saturated heterocycles. The average Bonchev–Trinajstić information content (AvgIpc) is 2.80. The van der Waals surface area contributed by atoms with Crippen molar-refractivity contribution in [2.45, 2.75) is 23.1 Å². The molecule has 0 aromatic heterocycles. The van der Waals surface area contributed by atoms with E-state index in [0.717, 1.165) is 0 Å². The van der Waals surface area contributed by atoms with Gasteiger partial charge in [0.05, 0.1) is 10.6 Å². The Morgan fingerprint density at radius 2 is 1.88 bits per heavy atom. The molecule has 3 rings (SSSR count). The van der Waals surface area contributed by atoms with Crippen LogP contribution in [-0.4, -0.2) is 22.6 Å². The lowest BCUT2D eigenvalue weighted by molar-refractivity contribution is 0.554. The van der Waals surface area contributed by atoms with Crippen LogP contribution < -0.4 is 4.72 Å². The number of sulfonamides is 1. The van der Waals surface area contributed by atoms with Gasteiger partial charge in [-0.3, -0.25) is 0 Å². The first-order valence-corrected chi connectivity index (χ1v) is 10.5. The zero-order valence-corrected chi connectivity index (χ0v) is 14.4. The Kier molecular flexibility index (Phi) is 4.23. The minimum Gasteiger partial charge on any atom is -0.224 e. The van der Waals surface area contributed by atoms with E-state index in [1.165, 1.54) is 30.3 Å². The second-order valence-electron chi connectivity index (χ2n) is 5.75. The number of hydrogen-bond acceptors (Lipinski definition) is 4. The van der Waals surface area contributed by atoms with Crippen molar-refractivity contribution >= 4 is 19.9 Å². The van der Waals surface area contributed by atoms with Gasteiger partial charge in [0.15, 0.2) is 9.84 Å². The maximum Gasteiger partial charge on any atom is 0.220 e. The van der Waals surface area contributed by atoms with Gasteiger partial charge >= 0.3 is 0 Å². The molecule has 2 aromatic carbocycles. The molecule has 0 amide bonds. The number of rotatable bonds is 4. The first kappa shape index (κ1) is 17.1. The van der Waals surface area contributed by atoms with Crippen LogP contribution in [0.4, 0.5) is 4.39 Å². The van der Waals surface area contributed by atoms with Crippen LogP contribution >= 0.6 is 0 Å². The molecule has 0 spiro atoms. The van der Waals surface area contributed by atoms with E-state index in [9.17, 15) is 21.2 Å². The van der Waals surface area contributed by atoms with Gasteiger partial charge in [-0.25, -0.2) is 25.9 Å². The highest BCUT2D eigenvalue weighted by Gasteiger charge is 2.42. The molecular weight excluding hydrogens is 353 g/mol. The maximum atomic E-state index is 13.3. The Hall–Kier alpha value is -1.77. The third-order valence-electron chi connectivity index (χ3n) is 4.04. The van der Waals surface area contributed by atoms with Gasteiger partial charge < -0.3 is 0 Å². The van der Waals surface area contributed by atoms with Crippen LogP contribution in [0.5, 0.6) is 0 Å². The molecule has 128 valence electrons. The standard InChI is InChI=1S/C16H16FNO4S2/c1-11(12-5-4-6-13(17)9-12)18-24(21,22)16-10-23(19,20)15-8-3-2-7-14(15)16/h2-9,11,16,18H,10H2,1H3. The van der Waals surface area contributed by atoms with E-state index in [0.29, 0.717) is 5.56 Å². The molecule has 0 bridgehead atoms. The third kappa shape index (κ3) is 3.09. The Balaban J connectivity index is 1.92. The summed E-state index contributed by atoms with van der Waals surface area (Å²) in [6.07, 6.45) is 0. The van der Waals surface area contributed by atoms with E-state index in [-0.39, 0.29) is 10.5 Å². The van der Waals surface area contributed by atoms with Crippen molar-refractivity contribution in [2.75, 3.05) is 5.75 Å². The fraction of sp³-hybridized carbons (Fsp3) is 0.250. The molecule has 0 fully saturated rings. The summed E-state index contributed by atoms with van der Waals surface area (Å²) in [5.41, 5.74) is 0.740. The van der Waals surface area contributed by atoms with Gasteiger partial charge in [0.2, 0.25) is 10.0 Å². The van der Waals surface area contributed by atoms with Crippen LogP contribution in [-0.2, 0) is 19.9 Å². The van der Waals surface area contributed by atoms with Crippen LogP contribution in [0.15, 0.2) is 53.4 Å². The quantitative estimate of drug-likeness (QED) is 0.897. The molecule has 1 aliphatic heterocycles. The molecule has 1 aliphatic rings. The van der Waals surface area contributed by atoms with Crippen molar-refractivity contribution in [1.82, 2.24) is 4.72 Å². The molecule has 2 atom stereocenters. The van der Waals surface area contributed by atoms with Gasteiger partial charge in [-0.2, -0.15) is 0 Å². The number of nitrogens with one attached hydrogen (secondary N) is 1. The fourth-order valence-electron chi connectivity index (χ4n) is 2.84. The van der Waals surface area contributed by atoms with Gasteiger partial charge in [-0.05, 0) is 36.2 Å². The summed E-state index contributed by atoms with van der Waals surface area (Å²) in [5, 5.41) is -1.17. The number of benzene rings is 2. The van der Waals surface area contributed by atoms with Gasteiger partial charge in [0, 0.05) is 6.04 Å². The summed E-state index contributed by atoms with van der Waals surface area (Å²) < 4.78 is 65.5. The van der Waals surface area contributed by atoms with Gasteiger partial charge in [-0.15, -0.1) is 0 Å². The van der Waals surface area contributed by atoms with Gasteiger partial charge in [0.25, 0.3) is 0 Å². The first-order valence-electron chi connectivity index (χ1n) is 7.29. The molecule has 5 nitrogen and oxygen atoms in total. The van der Waals surface area contributed by atoms with Crippen molar-refractivity contribution in [3.63, 3.8) is 0 Å². The zero-order valence-electron chi connectivity index (χ0n) is 12.8. The van der Waals surface area contributed by atoms with Crippen molar-refractivity contribution in [2.24, 2.45) is 0 Å². The van der Waals surface area contributed by atoms with E-state index < -0.39 is 42.7 Å². The number of fused-ring (bicyclic) bond motifs is 1. The van der Waals surface area contributed by atoms with Crippen molar-refractivity contribution < 1.29 is 21.2 Å². The monoisotopic (exact) mass is 369 g/mol. The highest BCUT2D eigenvalue weighted by molar-refractivity contribution is 7.95. The summed E-state index contributed by atoms with van der Waals surface area (Å²) in [5.74, 6) is -0.954. The van der Waals surface area contributed by atoms with E-state index in [1.807, 2.05) is 0 Å². The highest BCUT2D eigenvalue weighted by atomic mass is 32.2. The van der Waals surface area contributed by atoms with Crippen LogP contribution in [0.3, 0.4) is 0 Å². The number of hydrogen-bond donors (Lipinski definition) is 1. The summed E-state index contributed by atoms with van der Waals surface area (Å²) in [4.78, 5) is 0.0544. The molecular formula is C16H16FNO4S2. The largest absolute Gasteiger partial charge is 0.224 e. The average molecular weight is 369 g/mol. The summed E-state index contributed by atoms with van der Waals surface area (Å²) >= 11 is 0. The molecule has 1 N–H and O–H groups in total. The van der Waals surface area contributed by atoms with E-state index in [4.69, 9.17) is 0 Å². The second kappa shape index (κ2) is 5.94. The SMILES string of the molecule is CC(NS(=O)(=O)C1CS(=O)(=O)c2ccccc21)c1cccc(F)c1. The van der Waals surface area contributed by atoms with Crippen LogP contribution in [0.1, 0.15) is 29.3 Å². The van der Waals surface area contributed by atoms with Crippen LogP contribution in [0.25, 0.3) is 0 Å². The minimum absolute atomic E-state index is 0.0544. The lowest BCUT2D eigenvalue weighted by Gasteiger charge is -2.18. The third-order valence-corrected chi connectivity index (χ3v) is 7.91. The van der Waals surface area contributed by atoms with E-state index in [2.05, 4.69) is 4.72 Å². The Labute approximate surface area is 140 Å². The van der Waals surface area contributed by atoms with Crippen molar-refractivity contribution in [3.8, 4) is 0 Å². The molecule has 24 heavy (non-hydrogen) atoms. The molecule has 0 radical (unpaired) electrons. The van der Waals surface area contributed by atoms with Gasteiger partial charge in [-0.1, -0.05) is 30.3 Å². The van der Waals surface area contributed by atoms with Crippen LogP contribution in [0.2, 0.25) is 0 Å². The molecule has 1 heterocycles. The predicted octanol–water partition coefficient (Wildman–Crippen LogP) is 2.33. The number of halogens is 1. The first-order chi connectivity index (χ1) is 11.2. The molecule has 0 aliphatic carbocycles. The summed E-state index contributed by atoms with van der Waals surface area (Å²) in [7, 11) is -7.58. The smallest absolute Gasteiger partial charge is 0.220 e. The van der Waals surface area contributed by atoms with Crippen molar-refractivity contribution in [3.05, 3.63) is 65.5 Å². The fourth-order valence-corrected chi connectivity index (χ4v) is 7.11. The van der Waals surface area contributed by atoms with Crippen LogP contribution in [0, 0.1) is 5.82 Å². The predicted molar refractivity (Wildman–Crippen MR) is 88.1 cm³/mol. The van der Waals surface area contributed by atoms with Crippen molar-refractivity contribution in [1.29, 1.82) is 0 Å². The molecule has 8 heteroatoms. The normalized spacial score (nSPS) is 20.5. The van der Waals surface area contributed by atoms with E-state index in [1.54, 1.807) is 25.1 Å². The Bertz CT molecular complexity index is 987. The topological polar surface area (TPSA) is 80.3 Å². The molecule has 2 unspecified atom stereocenters. The highest BCUT2D eigenvalue weighted by Crippen LogP contribution is 2.38. The lowest BCUT2D eigenvalue weighted by atomic mass is 10.1. The summed E-state index contributed by atoms with van der Waals surface area (Å²) in [6.45, 7) is 1.58. The Morgan fingerprint density at radius 1 is 1.17 bits per heavy atom. The molecule has 2 aromatic rings. The lowest BCUT2D eigenvalue weighted by Crippen LogP contribution is -2.32. The van der Waals surface area contributed by atoms with E-state index >= 15 is 0 Å². The minimum atomic E-state index is -3.96. The number of sulfone groups is 1. The zero-order chi connectivity index (χ0) is 17.5. The Morgan fingerprint density at radius 3 is 2.58 bits per heavy atom. The molecule has 0 saturated carbocycles. The second-order valence-corrected chi connectivity index (χ2v) is 9.64. The summed E-state index contributed by atoms with van der Waals surface area (Å²) in [6, 6.07) is 11.0. The maximum absolute atomic E-state index is 13.3.